The van der Waals surface area contributed by atoms with Gasteiger partial charge in [-0.15, -0.1) is 0 Å². The van der Waals surface area contributed by atoms with Crippen LogP contribution >= 0.6 is 0 Å². The monoisotopic (exact) mass is 280 g/mol. The zero-order valence-corrected chi connectivity index (χ0v) is 11.5. The predicted octanol–water partition coefficient (Wildman–Crippen LogP) is 2.96. The van der Waals surface area contributed by atoms with Crippen molar-refractivity contribution < 1.29 is 9.90 Å². The van der Waals surface area contributed by atoms with E-state index in [9.17, 15) is 4.79 Å². The van der Waals surface area contributed by atoms with Gasteiger partial charge >= 0.3 is 0 Å². The van der Waals surface area contributed by atoms with E-state index >= 15 is 0 Å². The van der Waals surface area contributed by atoms with Crippen molar-refractivity contribution in [2.24, 2.45) is 0 Å². The Balaban J connectivity index is 1.81. The van der Waals surface area contributed by atoms with Gasteiger partial charge in [0.2, 0.25) is 0 Å². The van der Waals surface area contributed by atoms with Gasteiger partial charge in [0, 0.05) is 23.9 Å². The first-order valence-corrected chi connectivity index (χ1v) is 6.85. The standard InChI is InChI=1S/C17H16N2O2/c20-11-9-12-4-6-14(7-5-12)19-17(21)15-3-1-2-13-8-10-18-16(13)15/h1-8,10,18,20H,9,11H2,(H,19,21). The minimum absolute atomic E-state index is 0.126. The van der Waals surface area contributed by atoms with E-state index in [1.54, 1.807) is 6.07 Å². The van der Waals surface area contributed by atoms with E-state index in [-0.39, 0.29) is 12.5 Å². The van der Waals surface area contributed by atoms with Crippen LogP contribution in [0.3, 0.4) is 0 Å². The molecule has 4 nitrogen and oxygen atoms in total. The summed E-state index contributed by atoms with van der Waals surface area (Å²) >= 11 is 0. The number of anilines is 1. The van der Waals surface area contributed by atoms with Gasteiger partial charge in [-0.2, -0.15) is 0 Å². The normalized spacial score (nSPS) is 10.7. The number of carbonyl (C=O) groups is 1. The van der Waals surface area contributed by atoms with Crippen LogP contribution in [0.25, 0.3) is 10.9 Å². The van der Waals surface area contributed by atoms with Crippen molar-refractivity contribution in [2.75, 3.05) is 11.9 Å². The summed E-state index contributed by atoms with van der Waals surface area (Å²) in [6.45, 7) is 0.126. The number of aromatic nitrogens is 1. The van der Waals surface area contributed by atoms with Gasteiger partial charge in [-0.1, -0.05) is 24.3 Å². The van der Waals surface area contributed by atoms with Crippen LogP contribution in [0.1, 0.15) is 15.9 Å². The lowest BCUT2D eigenvalue weighted by Crippen LogP contribution is -2.12. The third-order valence-corrected chi connectivity index (χ3v) is 3.44. The fourth-order valence-corrected chi connectivity index (χ4v) is 2.36. The van der Waals surface area contributed by atoms with Gasteiger partial charge in [-0.25, -0.2) is 0 Å². The maximum atomic E-state index is 12.4. The highest BCUT2D eigenvalue weighted by atomic mass is 16.2. The Bertz CT molecular complexity index is 760. The third kappa shape index (κ3) is 2.80. The maximum absolute atomic E-state index is 12.4. The Kier molecular flexibility index (Phi) is 3.71. The summed E-state index contributed by atoms with van der Waals surface area (Å²) in [4.78, 5) is 15.5. The SMILES string of the molecule is O=C(Nc1ccc(CCO)cc1)c1cccc2cc[nH]c12. The van der Waals surface area contributed by atoms with Gasteiger partial charge in [-0.05, 0) is 36.2 Å². The molecule has 0 radical (unpaired) electrons. The molecule has 1 aromatic heterocycles. The third-order valence-electron chi connectivity index (χ3n) is 3.44. The van der Waals surface area contributed by atoms with Gasteiger partial charge in [0.15, 0.2) is 0 Å². The second kappa shape index (κ2) is 5.81. The average Bonchev–Trinajstić information content (AvgIpc) is 2.98. The highest BCUT2D eigenvalue weighted by Crippen LogP contribution is 2.19. The van der Waals surface area contributed by atoms with Crippen molar-refractivity contribution in [2.45, 2.75) is 6.42 Å². The molecule has 0 fully saturated rings. The summed E-state index contributed by atoms with van der Waals surface area (Å²) in [5.74, 6) is -0.141. The number of hydrogen-bond donors (Lipinski definition) is 3. The van der Waals surface area contributed by atoms with Gasteiger partial charge in [0.25, 0.3) is 5.91 Å². The molecule has 0 spiro atoms. The smallest absolute Gasteiger partial charge is 0.257 e. The molecule has 0 aliphatic carbocycles. The van der Waals surface area contributed by atoms with Crippen LogP contribution in [0, 0.1) is 0 Å². The number of aliphatic hydroxyl groups excluding tert-OH is 1. The van der Waals surface area contributed by atoms with Crippen LogP contribution in [0.2, 0.25) is 0 Å². The Labute approximate surface area is 122 Å². The zero-order valence-electron chi connectivity index (χ0n) is 11.5. The second-order valence-corrected chi connectivity index (χ2v) is 4.87. The lowest BCUT2D eigenvalue weighted by molar-refractivity contribution is 0.102. The maximum Gasteiger partial charge on any atom is 0.257 e. The van der Waals surface area contributed by atoms with E-state index in [0.29, 0.717) is 12.0 Å². The van der Waals surface area contributed by atoms with Crippen molar-refractivity contribution in [3.8, 4) is 0 Å². The summed E-state index contributed by atoms with van der Waals surface area (Å²) in [6.07, 6.45) is 2.45. The number of aromatic amines is 1. The molecule has 3 aromatic rings. The molecular weight excluding hydrogens is 264 g/mol. The number of nitrogens with one attached hydrogen (secondary N) is 2. The number of H-pyrrole nitrogens is 1. The first kappa shape index (κ1) is 13.4. The number of hydrogen-bond acceptors (Lipinski definition) is 2. The topological polar surface area (TPSA) is 65.1 Å². The fourth-order valence-electron chi connectivity index (χ4n) is 2.36. The molecule has 0 atom stereocenters. The summed E-state index contributed by atoms with van der Waals surface area (Å²) < 4.78 is 0. The number of rotatable bonds is 4. The van der Waals surface area contributed by atoms with Crippen molar-refractivity contribution >= 4 is 22.5 Å². The van der Waals surface area contributed by atoms with Crippen molar-refractivity contribution in [3.63, 3.8) is 0 Å². The molecule has 1 heterocycles. The molecular formula is C17H16N2O2. The predicted molar refractivity (Wildman–Crippen MR) is 83.5 cm³/mol. The lowest BCUT2D eigenvalue weighted by Gasteiger charge is -2.07. The minimum Gasteiger partial charge on any atom is -0.396 e. The van der Waals surface area contributed by atoms with E-state index in [0.717, 1.165) is 22.2 Å². The molecule has 0 bridgehead atoms. The lowest BCUT2D eigenvalue weighted by atomic mass is 10.1. The summed E-state index contributed by atoms with van der Waals surface area (Å²) in [6, 6.07) is 15.1. The molecule has 0 saturated carbocycles. The summed E-state index contributed by atoms with van der Waals surface area (Å²) in [5, 5.41) is 12.8. The van der Waals surface area contributed by atoms with Crippen molar-refractivity contribution in [1.29, 1.82) is 0 Å². The molecule has 4 heteroatoms. The molecule has 3 rings (SSSR count). The number of para-hydroxylation sites is 1. The van der Waals surface area contributed by atoms with E-state index in [2.05, 4.69) is 10.3 Å². The number of amides is 1. The molecule has 0 saturated heterocycles. The van der Waals surface area contributed by atoms with E-state index < -0.39 is 0 Å². The van der Waals surface area contributed by atoms with Gasteiger partial charge in [-0.3, -0.25) is 4.79 Å². The van der Waals surface area contributed by atoms with E-state index in [1.807, 2.05) is 48.7 Å². The summed E-state index contributed by atoms with van der Waals surface area (Å²) in [7, 11) is 0. The largest absolute Gasteiger partial charge is 0.396 e. The Morgan fingerprint density at radius 2 is 1.90 bits per heavy atom. The number of aliphatic hydroxyl groups is 1. The van der Waals surface area contributed by atoms with Crippen LogP contribution in [-0.4, -0.2) is 22.6 Å². The van der Waals surface area contributed by atoms with Gasteiger partial charge in [0.1, 0.15) is 0 Å². The highest BCUT2D eigenvalue weighted by Gasteiger charge is 2.10. The minimum atomic E-state index is -0.141. The van der Waals surface area contributed by atoms with Crippen LogP contribution in [0.4, 0.5) is 5.69 Å². The van der Waals surface area contributed by atoms with Crippen molar-refractivity contribution in [1.82, 2.24) is 4.98 Å². The average molecular weight is 280 g/mol. The van der Waals surface area contributed by atoms with Crippen LogP contribution < -0.4 is 5.32 Å². The van der Waals surface area contributed by atoms with Crippen LogP contribution in [0.5, 0.6) is 0 Å². The highest BCUT2D eigenvalue weighted by molar-refractivity contribution is 6.11. The molecule has 0 aliphatic heterocycles. The van der Waals surface area contributed by atoms with Crippen LogP contribution in [-0.2, 0) is 6.42 Å². The Morgan fingerprint density at radius 3 is 2.67 bits per heavy atom. The molecule has 0 aliphatic rings. The Hall–Kier alpha value is -2.59. The van der Waals surface area contributed by atoms with Crippen molar-refractivity contribution in [3.05, 3.63) is 65.9 Å². The Morgan fingerprint density at radius 1 is 1.10 bits per heavy atom. The molecule has 0 unspecified atom stereocenters. The second-order valence-electron chi connectivity index (χ2n) is 4.87. The summed E-state index contributed by atoms with van der Waals surface area (Å²) in [5.41, 5.74) is 3.25. The number of carbonyl (C=O) groups excluding carboxylic acids is 1. The number of benzene rings is 2. The van der Waals surface area contributed by atoms with Gasteiger partial charge in [0.05, 0.1) is 11.1 Å². The fraction of sp³-hybridized carbons (Fsp3) is 0.118. The zero-order chi connectivity index (χ0) is 14.7. The molecule has 106 valence electrons. The first-order valence-electron chi connectivity index (χ1n) is 6.85. The first-order chi connectivity index (χ1) is 10.3. The molecule has 1 amide bonds. The van der Waals surface area contributed by atoms with Gasteiger partial charge < -0.3 is 15.4 Å². The quantitative estimate of drug-likeness (QED) is 0.688. The molecule has 21 heavy (non-hydrogen) atoms. The molecule has 2 aromatic carbocycles. The number of fused-ring (bicyclic) bond motifs is 1. The van der Waals surface area contributed by atoms with E-state index in [1.165, 1.54) is 0 Å². The van der Waals surface area contributed by atoms with Crippen LogP contribution in [0.15, 0.2) is 54.7 Å². The molecule has 3 N–H and O–H groups in total. The van der Waals surface area contributed by atoms with E-state index in [4.69, 9.17) is 5.11 Å².